The monoisotopic (exact) mass is 368 g/mol. The molecule has 132 valence electrons. The maximum Gasteiger partial charge on any atom is 0.258 e. The Labute approximate surface area is 154 Å². The summed E-state index contributed by atoms with van der Waals surface area (Å²) >= 11 is 1.32. The zero-order valence-electron chi connectivity index (χ0n) is 13.9. The second kappa shape index (κ2) is 6.59. The summed E-state index contributed by atoms with van der Waals surface area (Å²) in [5.41, 5.74) is 2.04. The van der Waals surface area contributed by atoms with Crippen molar-refractivity contribution in [2.45, 2.75) is 22.4 Å². The van der Waals surface area contributed by atoms with Gasteiger partial charge in [0.1, 0.15) is 16.0 Å². The second-order valence-electron chi connectivity index (χ2n) is 6.11. The summed E-state index contributed by atoms with van der Waals surface area (Å²) in [5, 5.41) is 23.5. The topological polar surface area (TPSA) is 85.5 Å². The quantitative estimate of drug-likeness (QED) is 0.559. The molecule has 0 fully saturated rings. The molecule has 1 aromatic heterocycles. The minimum Gasteiger partial charge on any atom is -0.497 e. The van der Waals surface area contributed by atoms with E-state index in [9.17, 15) is 15.2 Å². The first-order chi connectivity index (χ1) is 12.6. The summed E-state index contributed by atoms with van der Waals surface area (Å²) in [6.07, 6.45) is -1.23. The van der Waals surface area contributed by atoms with Crippen molar-refractivity contribution < 1.29 is 14.8 Å². The lowest BCUT2D eigenvalue weighted by Crippen LogP contribution is -2.35. The molecule has 0 saturated heterocycles. The number of aliphatic hydroxyl groups is 1. The van der Waals surface area contributed by atoms with Crippen LogP contribution in [0.4, 0.5) is 0 Å². The Morgan fingerprint density at radius 1 is 1.19 bits per heavy atom. The van der Waals surface area contributed by atoms with Gasteiger partial charge in [-0.2, -0.15) is 0 Å². The normalized spacial score (nSPS) is 22.0. The van der Waals surface area contributed by atoms with Gasteiger partial charge in [-0.05, 0) is 29.8 Å². The Bertz CT molecular complexity index is 994. The first-order valence-electron chi connectivity index (χ1n) is 8.10. The van der Waals surface area contributed by atoms with Gasteiger partial charge in [-0.3, -0.25) is 10.1 Å². The van der Waals surface area contributed by atoms with Crippen LogP contribution in [0.2, 0.25) is 0 Å². The van der Waals surface area contributed by atoms with Crippen LogP contribution in [0.5, 0.6) is 5.75 Å². The summed E-state index contributed by atoms with van der Waals surface area (Å²) in [7, 11) is 1.55. The Morgan fingerprint density at radius 2 is 2.00 bits per heavy atom. The molecule has 1 aliphatic heterocycles. The van der Waals surface area contributed by atoms with Gasteiger partial charge in [0.25, 0.3) is 6.04 Å². The number of methoxy groups -OCH3 is 1. The van der Waals surface area contributed by atoms with Crippen LogP contribution in [0, 0.1) is 10.1 Å². The minimum absolute atomic E-state index is 0.403. The number of benzene rings is 2. The number of ether oxygens (including phenoxy) is 1. The number of aromatic nitrogens is 1. The fraction of sp³-hybridized carbons (Fsp3) is 0.211. The zero-order valence-corrected chi connectivity index (χ0v) is 14.7. The van der Waals surface area contributed by atoms with E-state index in [0.717, 1.165) is 16.5 Å². The van der Waals surface area contributed by atoms with Gasteiger partial charge in [-0.25, -0.2) is 4.98 Å². The molecule has 7 heteroatoms. The molecule has 0 aliphatic carbocycles. The van der Waals surface area contributed by atoms with Crippen LogP contribution in [0.15, 0.2) is 59.6 Å². The number of nitrogens with zero attached hydrogens (tertiary/aromatic N) is 2. The Morgan fingerprint density at radius 3 is 2.77 bits per heavy atom. The molecule has 0 radical (unpaired) electrons. The summed E-state index contributed by atoms with van der Waals surface area (Å²) in [4.78, 5) is 16.0. The van der Waals surface area contributed by atoms with E-state index in [1.807, 2.05) is 30.3 Å². The Balaban J connectivity index is 1.85. The molecule has 0 bridgehead atoms. The summed E-state index contributed by atoms with van der Waals surface area (Å²) in [6, 6.07) is 15.3. The third-order valence-corrected chi connectivity index (χ3v) is 5.93. The van der Waals surface area contributed by atoms with E-state index in [2.05, 4.69) is 4.98 Å². The van der Waals surface area contributed by atoms with Crippen molar-refractivity contribution in [3.63, 3.8) is 0 Å². The van der Waals surface area contributed by atoms with Crippen molar-refractivity contribution in [2.75, 3.05) is 7.11 Å². The van der Waals surface area contributed by atoms with E-state index in [1.54, 1.807) is 31.4 Å². The Kier molecular flexibility index (Phi) is 4.26. The summed E-state index contributed by atoms with van der Waals surface area (Å²) in [6.45, 7) is 0. The molecule has 0 unspecified atom stereocenters. The number of thioether (sulfide) groups is 1. The highest BCUT2D eigenvalue weighted by atomic mass is 32.2. The number of fused-ring (bicyclic) bond motifs is 2. The molecule has 26 heavy (non-hydrogen) atoms. The molecular weight excluding hydrogens is 352 g/mol. The maximum absolute atomic E-state index is 11.8. The lowest BCUT2D eigenvalue weighted by molar-refractivity contribution is -0.536. The van der Waals surface area contributed by atoms with Gasteiger partial charge in [0.15, 0.2) is 6.10 Å². The third-order valence-electron chi connectivity index (χ3n) is 4.57. The van der Waals surface area contributed by atoms with Gasteiger partial charge in [0.05, 0.1) is 12.6 Å². The van der Waals surface area contributed by atoms with Gasteiger partial charge >= 0.3 is 0 Å². The highest BCUT2D eigenvalue weighted by molar-refractivity contribution is 7.99. The average Bonchev–Trinajstić information content (AvgIpc) is 2.66. The number of hydrogen-bond donors (Lipinski definition) is 1. The second-order valence-corrected chi connectivity index (χ2v) is 7.24. The smallest absolute Gasteiger partial charge is 0.258 e. The van der Waals surface area contributed by atoms with Crippen LogP contribution in [0.25, 0.3) is 10.9 Å². The molecule has 2 aromatic carbocycles. The van der Waals surface area contributed by atoms with Crippen LogP contribution >= 0.6 is 11.8 Å². The predicted octanol–water partition coefficient (Wildman–Crippen LogP) is 3.77. The standard InChI is InChI=1S/C19H16N2O4S/c1-25-13-7-4-6-12(9-13)18-16(21(23)24)17(22)14-10-11-5-2-3-8-15(11)20-19(14)26-18/h2-10,16-18,22H,1H3/t16-,17-,18+/m0/s1. The zero-order chi connectivity index (χ0) is 18.3. The van der Waals surface area contributed by atoms with Gasteiger partial charge in [0.2, 0.25) is 0 Å². The van der Waals surface area contributed by atoms with Crippen molar-refractivity contribution >= 4 is 22.7 Å². The van der Waals surface area contributed by atoms with Crippen molar-refractivity contribution in [3.05, 3.63) is 75.8 Å². The van der Waals surface area contributed by atoms with Gasteiger partial charge in [-0.1, -0.05) is 42.1 Å². The number of rotatable bonds is 3. The fourth-order valence-corrected chi connectivity index (χ4v) is 4.65. The first kappa shape index (κ1) is 16.8. The van der Waals surface area contributed by atoms with E-state index in [1.165, 1.54) is 11.8 Å². The molecule has 6 nitrogen and oxygen atoms in total. The highest BCUT2D eigenvalue weighted by Crippen LogP contribution is 2.50. The lowest BCUT2D eigenvalue weighted by Gasteiger charge is -2.30. The molecule has 0 amide bonds. The lowest BCUT2D eigenvalue weighted by atomic mass is 9.95. The van der Waals surface area contributed by atoms with Gasteiger partial charge in [0, 0.05) is 15.9 Å². The molecule has 3 aromatic rings. The number of pyridine rings is 1. The van der Waals surface area contributed by atoms with Crippen LogP contribution in [-0.4, -0.2) is 28.2 Å². The molecule has 3 atom stereocenters. The highest BCUT2D eigenvalue weighted by Gasteiger charge is 2.46. The first-order valence-corrected chi connectivity index (χ1v) is 8.98. The van der Waals surface area contributed by atoms with E-state index in [4.69, 9.17) is 4.74 Å². The number of nitro groups is 1. The van der Waals surface area contributed by atoms with Crippen molar-refractivity contribution in [1.29, 1.82) is 0 Å². The van der Waals surface area contributed by atoms with Crippen LogP contribution in [-0.2, 0) is 0 Å². The van der Waals surface area contributed by atoms with E-state index >= 15 is 0 Å². The number of aliphatic hydroxyl groups excluding tert-OH is 1. The SMILES string of the molecule is COc1cccc([C@H]2Sc3nc4ccccc4cc3[C@H](O)[C@@H]2[N+](=O)[O-])c1. The van der Waals surface area contributed by atoms with E-state index < -0.39 is 22.3 Å². The molecule has 2 heterocycles. The fourth-order valence-electron chi connectivity index (χ4n) is 3.27. The molecule has 4 rings (SSSR count). The van der Waals surface area contributed by atoms with Crippen LogP contribution < -0.4 is 4.74 Å². The van der Waals surface area contributed by atoms with E-state index in [0.29, 0.717) is 16.3 Å². The molecular formula is C19H16N2O4S. The van der Waals surface area contributed by atoms with E-state index in [-0.39, 0.29) is 0 Å². The predicted molar refractivity (Wildman–Crippen MR) is 99.1 cm³/mol. The van der Waals surface area contributed by atoms with Crippen molar-refractivity contribution in [1.82, 2.24) is 4.98 Å². The average molecular weight is 368 g/mol. The summed E-state index contributed by atoms with van der Waals surface area (Å²) < 4.78 is 5.24. The molecule has 0 spiro atoms. The van der Waals surface area contributed by atoms with Crippen molar-refractivity contribution in [3.8, 4) is 5.75 Å². The van der Waals surface area contributed by atoms with Gasteiger partial charge in [-0.15, -0.1) is 0 Å². The number of hydrogen-bond acceptors (Lipinski definition) is 6. The molecule has 1 aliphatic rings. The maximum atomic E-state index is 11.8. The van der Waals surface area contributed by atoms with Crippen LogP contribution in [0.1, 0.15) is 22.5 Å². The van der Waals surface area contributed by atoms with Gasteiger partial charge < -0.3 is 9.84 Å². The summed E-state index contributed by atoms with van der Waals surface area (Å²) in [5.74, 6) is 0.622. The minimum atomic E-state index is -1.23. The molecule has 0 saturated carbocycles. The molecule has 1 N–H and O–H groups in total. The largest absolute Gasteiger partial charge is 0.497 e. The third kappa shape index (κ3) is 2.79. The van der Waals surface area contributed by atoms with Crippen molar-refractivity contribution in [2.24, 2.45) is 0 Å². The Hall–Kier alpha value is -2.64. The van der Waals surface area contributed by atoms with Crippen LogP contribution in [0.3, 0.4) is 0 Å². The number of para-hydroxylation sites is 1.